The predicted molar refractivity (Wildman–Crippen MR) is 40.8 cm³/mol. The van der Waals surface area contributed by atoms with Crippen LogP contribution >= 0.6 is 0 Å². The summed E-state index contributed by atoms with van der Waals surface area (Å²) in [7, 11) is 0. The molecule has 0 heterocycles. The number of rotatable bonds is 4. The largest absolute Gasteiger partial charge is 1.00 e. The van der Waals surface area contributed by atoms with Crippen LogP contribution in [0, 0.1) is 12.3 Å². The van der Waals surface area contributed by atoms with Crippen molar-refractivity contribution in [3.8, 4) is 0 Å². The third-order valence-corrected chi connectivity index (χ3v) is 1.12. The van der Waals surface area contributed by atoms with Gasteiger partial charge in [-0.2, -0.15) is 0 Å². The van der Waals surface area contributed by atoms with Crippen molar-refractivity contribution in [1.82, 2.24) is 0 Å². The first-order valence-corrected chi connectivity index (χ1v) is 3.63. The van der Waals surface area contributed by atoms with Crippen molar-refractivity contribution in [2.45, 2.75) is 20.8 Å². The molecule has 4 heteroatoms. The van der Waals surface area contributed by atoms with Crippen molar-refractivity contribution in [2.75, 3.05) is 6.61 Å². The second-order valence-corrected chi connectivity index (χ2v) is 2.45. The van der Waals surface area contributed by atoms with Crippen LogP contribution < -0.4 is 29.6 Å². The van der Waals surface area contributed by atoms with Crippen LogP contribution in [0.2, 0.25) is 0 Å². The molecule has 12 heavy (non-hydrogen) atoms. The topological polar surface area (TPSA) is 43.4 Å². The number of carbonyl (C=O) groups excluding carboxylic acids is 2. The molecule has 0 unspecified atom stereocenters. The molecule has 0 fully saturated rings. The van der Waals surface area contributed by atoms with Gasteiger partial charge in [0.05, 0.1) is 6.61 Å². The summed E-state index contributed by atoms with van der Waals surface area (Å²) in [5, 5.41) is 0. The maximum absolute atomic E-state index is 10.9. The first kappa shape index (κ1) is 14.5. The van der Waals surface area contributed by atoms with Gasteiger partial charge in [-0.15, -0.1) is 0 Å². The molecule has 0 rings (SSSR count). The summed E-state index contributed by atoms with van der Waals surface area (Å²) in [6.45, 7) is 5.47. The molecule has 0 bridgehead atoms. The second-order valence-electron chi connectivity index (χ2n) is 2.45. The molecular formula is C8H13NaO3. The van der Waals surface area contributed by atoms with E-state index in [4.69, 9.17) is 0 Å². The first-order chi connectivity index (χ1) is 5.07. The SMILES string of the molecule is CCOC(=O)[CH-]C(=O)C(C)C.[Na+]. The molecule has 0 aliphatic heterocycles. The smallest absolute Gasteiger partial charge is 0.488 e. The number of esters is 1. The minimum Gasteiger partial charge on any atom is -0.488 e. The fourth-order valence-electron chi connectivity index (χ4n) is 0.467. The maximum atomic E-state index is 10.9. The fourth-order valence-corrected chi connectivity index (χ4v) is 0.467. The van der Waals surface area contributed by atoms with E-state index in [1.165, 1.54) is 0 Å². The van der Waals surface area contributed by atoms with E-state index >= 15 is 0 Å². The first-order valence-electron chi connectivity index (χ1n) is 3.63. The summed E-state index contributed by atoms with van der Waals surface area (Å²) >= 11 is 0. The Morgan fingerprint density at radius 3 is 2.25 bits per heavy atom. The van der Waals surface area contributed by atoms with E-state index in [-0.39, 0.29) is 41.3 Å². The average Bonchev–Trinajstić information content (AvgIpc) is 1.87. The van der Waals surface area contributed by atoms with Crippen LogP contribution in [-0.4, -0.2) is 18.4 Å². The molecule has 64 valence electrons. The van der Waals surface area contributed by atoms with Crippen LogP contribution in [0.25, 0.3) is 0 Å². The molecule has 0 atom stereocenters. The number of ketones is 1. The molecule has 0 saturated carbocycles. The van der Waals surface area contributed by atoms with Gasteiger partial charge >= 0.3 is 29.6 Å². The Hall–Kier alpha value is 0.0100. The standard InChI is InChI=1S/C8H13O3.Na/c1-4-11-8(10)5-7(9)6(2)3;/h5-6H,4H2,1-3H3;/q-1;+1. The fraction of sp³-hybridized carbons (Fsp3) is 0.625. The van der Waals surface area contributed by atoms with Gasteiger partial charge in [0.25, 0.3) is 0 Å². The summed E-state index contributed by atoms with van der Waals surface area (Å²) in [5.41, 5.74) is 0. The number of ether oxygens (including phenoxy) is 1. The molecule has 0 aromatic carbocycles. The summed E-state index contributed by atoms with van der Waals surface area (Å²) < 4.78 is 4.55. The van der Waals surface area contributed by atoms with Crippen molar-refractivity contribution in [3.63, 3.8) is 0 Å². The number of Topliss-reactive ketones (excluding diaryl/α,β-unsaturated/α-hetero) is 1. The van der Waals surface area contributed by atoms with Crippen LogP contribution in [0.15, 0.2) is 0 Å². The summed E-state index contributed by atoms with van der Waals surface area (Å²) in [6, 6.07) is 0. The molecule has 3 nitrogen and oxygen atoms in total. The Morgan fingerprint density at radius 1 is 1.42 bits per heavy atom. The second kappa shape index (κ2) is 7.65. The number of hydrogen-bond donors (Lipinski definition) is 0. The van der Waals surface area contributed by atoms with E-state index < -0.39 is 5.97 Å². The Balaban J connectivity index is 0. The summed E-state index contributed by atoms with van der Waals surface area (Å²) in [4.78, 5) is 21.5. The Labute approximate surface area is 95.1 Å². The van der Waals surface area contributed by atoms with Gasteiger partial charge in [0.1, 0.15) is 0 Å². The molecule has 0 aliphatic carbocycles. The van der Waals surface area contributed by atoms with Gasteiger partial charge in [-0.25, -0.2) is 6.42 Å². The monoisotopic (exact) mass is 180 g/mol. The molecule has 0 N–H and O–H groups in total. The van der Waals surface area contributed by atoms with Crippen molar-refractivity contribution in [1.29, 1.82) is 0 Å². The normalized spacial score (nSPS) is 8.67. The van der Waals surface area contributed by atoms with E-state index in [0.717, 1.165) is 6.42 Å². The molecule has 0 aromatic heterocycles. The number of hydrogen-bond acceptors (Lipinski definition) is 3. The van der Waals surface area contributed by atoms with Gasteiger partial charge in [-0.1, -0.05) is 13.8 Å². The van der Waals surface area contributed by atoms with Crippen molar-refractivity contribution < 1.29 is 43.9 Å². The van der Waals surface area contributed by atoms with Gasteiger partial charge < -0.3 is 9.53 Å². The van der Waals surface area contributed by atoms with Gasteiger partial charge in [0, 0.05) is 5.78 Å². The average molecular weight is 180 g/mol. The molecular weight excluding hydrogens is 167 g/mol. The zero-order valence-corrected chi connectivity index (χ0v) is 10.1. The van der Waals surface area contributed by atoms with E-state index in [2.05, 4.69) is 4.74 Å². The van der Waals surface area contributed by atoms with Gasteiger partial charge in [-0.05, 0) is 12.8 Å². The third-order valence-electron chi connectivity index (χ3n) is 1.12. The Morgan fingerprint density at radius 2 is 1.92 bits per heavy atom. The van der Waals surface area contributed by atoms with Crippen LogP contribution in [0.4, 0.5) is 0 Å². The van der Waals surface area contributed by atoms with Crippen LogP contribution in [0.1, 0.15) is 20.8 Å². The van der Waals surface area contributed by atoms with Crippen LogP contribution in [0.5, 0.6) is 0 Å². The van der Waals surface area contributed by atoms with Crippen LogP contribution in [0.3, 0.4) is 0 Å². The molecule has 0 radical (unpaired) electrons. The van der Waals surface area contributed by atoms with Gasteiger partial charge in [-0.3, -0.25) is 4.79 Å². The van der Waals surface area contributed by atoms with Crippen molar-refractivity contribution in [2.24, 2.45) is 5.92 Å². The van der Waals surface area contributed by atoms with Crippen molar-refractivity contribution in [3.05, 3.63) is 6.42 Å². The third kappa shape index (κ3) is 6.70. The maximum Gasteiger partial charge on any atom is 1.00 e. The molecule has 0 saturated heterocycles. The Bertz CT molecular complexity index is 154. The van der Waals surface area contributed by atoms with E-state index in [1.807, 2.05) is 0 Å². The molecule has 0 spiro atoms. The number of carbonyl (C=O) groups is 2. The quantitative estimate of drug-likeness (QED) is 0.217. The Kier molecular flexibility index (Phi) is 9.26. The predicted octanol–water partition coefficient (Wildman–Crippen LogP) is -2.02. The zero-order valence-electron chi connectivity index (χ0n) is 8.09. The minimum absolute atomic E-state index is 0. The van der Waals surface area contributed by atoms with Crippen LogP contribution in [-0.2, 0) is 14.3 Å². The molecule has 0 amide bonds. The van der Waals surface area contributed by atoms with E-state index in [9.17, 15) is 9.59 Å². The summed E-state index contributed by atoms with van der Waals surface area (Å²) in [6.07, 6.45) is 0.994. The van der Waals surface area contributed by atoms with E-state index in [0.29, 0.717) is 6.61 Å². The molecule has 0 aliphatic rings. The van der Waals surface area contributed by atoms with Gasteiger partial charge in [0.15, 0.2) is 5.97 Å². The van der Waals surface area contributed by atoms with Crippen molar-refractivity contribution >= 4 is 11.8 Å². The minimum atomic E-state index is -0.550. The van der Waals surface area contributed by atoms with Gasteiger partial charge in [0.2, 0.25) is 0 Å². The summed E-state index contributed by atoms with van der Waals surface area (Å²) in [5.74, 6) is -0.881. The molecule has 0 aromatic rings. The zero-order chi connectivity index (χ0) is 8.85. The van der Waals surface area contributed by atoms with E-state index in [1.54, 1.807) is 20.8 Å².